The molecule has 2 aliphatic rings. The van der Waals surface area contributed by atoms with Crippen LogP contribution in [-0.2, 0) is 14.6 Å². The topological polar surface area (TPSA) is 86.8 Å². The molecule has 2 aliphatic heterocycles. The smallest absolute Gasteiger partial charge is 0.317 e. The van der Waals surface area contributed by atoms with Gasteiger partial charge < -0.3 is 15.1 Å². The SMILES string of the molecule is CC(C)NC(=O)N1C[C@H]2[C@H](C(=O)N(C)C)CCS(=O)(=O)[C@H]2C1. The second-order valence-electron chi connectivity index (χ2n) is 6.71. The molecule has 126 valence electrons. The van der Waals surface area contributed by atoms with Gasteiger partial charge in [0.1, 0.15) is 0 Å². The molecule has 8 heteroatoms. The number of hydrogen-bond donors (Lipinski definition) is 1. The lowest BCUT2D eigenvalue weighted by molar-refractivity contribution is -0.134. The Labute approximate surface area is 131 Å². The molecule has 0 aliphatic carbocycles. The zero-order valence-corrected chi connectivity index (χ0v) is 14.4. The van der Waals surface area contributed by atoms with E-state index in [4.69, 9.17) is 0 Å². The van der Waals surface area contributed by atoms with Crippen molar-refractivity contribution < 1.29 is 18.0 Å². The third kappa shape index (κ3) is 3.21. The maximum atomic E-state index is 12.3. The Bertz CT molecular complexity index is 558. The number of fused-ring (bicyclic) bond motifs is 1. The van der Waals surface area contributed by atoms with Gasteiger partial charge in [-0.15, -0.1) is 0 Å². The third-order valence-electron chi connectivity index (χ3n) is 4.46. The minimum Gasteiger partial charge on any atom is -0.349 e. The molecule has 3 amide bonds. The average molecular weight is 331 g/mol. The first-order chi connectivity index (χ1) is 10.1. The summed E-state index contributed by atoms with van der Waals surface area (Å²) in [5, 5.41) is 2.17. The quantitative estimate of drug-likeness (QED) is 0.767. The second kappa shape index (κ2) is 6.06. The summed E-state index contributed by atoms with van der Waals surface area (Å²) in [5.74, 6) is -0.638. The Balaban J connectivity index is 2.21. The van der Waals surface area contributed by atoms with E-state index < -0.39 is 15.1 Å². The molecule has 0 spiro atoms. The minimum atomic E-state index is -3.24. The van der Waals surface area contributed by atoms with Crippen molar-refractivity contribution >= 4 is 21.8 Å². The zero-order chi connectivity index (χ0) is 16.7. The predicted molar refractivity (Wildman–Crippen MR) is 83.1 cm³/mol. The van der Waals surface area contributed by atoms with Crippen molar-refractivity contribution in [1.29, 1.82) is 0 Å². The van der Waals surface area contributed by atoms with Gasteiger partial charge >= 0.3 is 6.03 Å². The van der Waals surface area contributed by atoms with Crippen LogP contribution in [0.25, 0.3) is 0 Å². The molecule has 2 rings (SSSR count). The average Bonchev–Trinajstić information content (AvgIpc) is 2.83. The van der Waals surface area contributed by atoms with Crippen LogP contribution >= 0.6 is 0 Å². The molecular weight excluding hydrogens is 306 g/mol. The van der Waals surface area contributed by atoms with Crippen molar-refractivity contribution in [3.8, 4) is 0 Å². The number of nitrogens with one attached hydrogen (secondary N) is 1. The fraction of sp³-hybridized carbons (Fsp3) is 0.857. The number of nitrogens with zero attached hydrogens (tertiary/aromatic N) is 2. The standard InChI is InChI=1S/C14H25N3O4S/c1-9(2)15-14(19)17-7-11-10(13(18)16(3)4)5-6-22(20,21)12(11)8-17/h9-12H,5-8H2,1-4H3,(H,15,19)/t10-,11+,12+/m1/s1. The summed E-state index contributed by atoms with van der Waals surface area (Å²) >= 11 is 0. The summed E-state index contributed by atoms with van der Waals surface area (Å²) in [5.41, 5.74) is 0. The van der Waals surface area contributed by atoms with E-state index in [-0.39, 0.29) is 42.1 Å². The Morgan fingerprint density at radius 2 is 1.86 bits per heavy atom. The number of likely N-dealkylation sites (tertiary alicyclic amines) is 1. The minimum absolute atomic E-state index is 0.00839. The molecule has 0 aromatic carbocycles. The molecule has 2 heterocycles. The summed E-state index contributed by atoms with van der Waals surface area (Å²) in [6.45, 7) is 4.22. The highest BCUT2D eigenvalue weighted by Gasteiger charge is 2.51. The van der Waals surface area contributed by atoms with Crippen molar-refractivity contribution in [3.05, 3.63) is 0 Å². The van der Waals surface area contributed by atoms with Crippen LogP contribution < -0.4 is 5.32 Å². The van der Waals surface area contributed by atoms with Gasteiger partial charge in [-0.25, -0.2) is 13.2 Å². The van der Waals surface area contributed by atoms with Gasteiger partial charge in [0.25, 0.3) is 0 Å². The van der Waals surface area contributed by atoms with Gasteiger partial charge in [-0.2, -0.15) is 0 Å². The number of sulfone groups is 1. The summed E-state index contributed by atoms with van der Waals surface area (Å²) in [6, 6.07) is -0.262. The van der Waals surface area contributed by atoms with E-state index in [9.17, 15) is 18.0 Å². The van der Waals surface area contributed by atoms with Gasteiger partial charge in [0.2, 0.25) is 5.91 Å². The molecule has 0 bridgehead atoms. The Kier molecular flexibility index (Phi) is 4.70. The number of carbonyl (C=O) groups excluding carboxylic acids is 2. The summed E-state index contributed by atoms with van der Waals surface area (Å²) < 4.78 is 24.6. The molecule has 0 radical (unpaired) electrons. The fourth-order valence-electron chi connectivity index (χ4n) is 3.36. The third-order valence-corrected chi connectivity index (χ3v) is 6.68. The fourth-order valence-corrected chi connectivity index (χ4v) is 5.47. The van der Waals surface area contributed by atoms with Crippen LogP contribution in [-0.4, -0.2) is 74.4 Å². The normalized spacial score (nSPS) is 30.0. The Morgan fingerprint density at radius 3 is 2.41 bits per heavy atom. The molecule has 0 aromatic heterocycles. The van der Waals surface area contributed by atoms with Crippen molar-refractivity contribution in [2.75, 3.05) is 32.9 Å². The zero-order valence-electron chi connectivity index (χ0n) is 13.6. The van der Waals surface area contributed by atoms with Crippen molar-refractivity contribution in [2.45, 2.75) is 31.6 Å². The van der Waals surface area contributed by atoms with Crippen LogP contribution in [0.5, 0.6) is 0 Å². The lowest BCUT2D eigenvalue weighted by Crippen LogP contribution is -2.46. The van der Waals surface area contributed by atoms with Gasteiger partial charge in [-0.1, -0.05) is 0 Å². The number of amides is 3. The molecule has 22 heavy (non-hydrogen) atoms. The number of carbonyl (C=O) groups is 2. The van der Waals surface area contributed by atoms with Crippen LogP contribution in [0.1, 0.15) is 20.3 Å². The molecular formula is C14H25N3O4S. The van der Waals surface area contributed by atoms with Crippen molar-refractivity contribution in [2.24, 2.45) is 11.8 Å². The van der Waals surface area contributed by atoms with E-state index in [0.717, 1.165) is 0 Å². The molecule has 2 saturated heterocycles. The number of rotatable bonds is 2. The van der Waals surface area contributed by atoms with Crippen LogP contribution in [0.3, 0.4) is 0 Å². The summed E-state index contributed by atoms with van der Waals surface area (Å²) in [4.78, 5) is 27.5. The van der Waals surface area contributed by atoms with Gasteiger partial charge in [-0.3, -0.25) is 4.79 Å². The monoisotopic (exact) mass is 331 g/mol. The van der Waals surface area contributed by atoms with E-state index in [1.807, 2.05) is 13.8 Å². The van der Waals surface area contributed by atoms with Crippen molar-refractivity contribution in [1.82, 2.24) is 15.1 Å². The molecule has 0 saturated carbocycles. The van der Waals surface area contributed by atoms with Gasteiger partial charge in [-0.05, 0) is 20.3 Å². The maximum Gasteiger partial charge on any atom is 0.317 e. The molecule has 1 N–H and O–H groups in total. The molecule has 0 aromatic rings. The summed E-state index contributed by atoms with van der Waals surface area (Å²) in [6.07, 6.45) is 0.347. The number of urea groups is 1. The maximum absolute atomic E-state index is 12.3. The molecule has 0 unspecified atom stereocenters. The molecule has 7 nitrogen and oxygen atoms in total. The van der Waals surface area contributed by atoms with Gasteiger partial charge in [0.15, 0.2) is 9.84 Å². The van der Waals surface area contributed by atoms with Gasteiger partial charge in [0, 0.05) is 45.1 Å². The highest BCUT2D eigenvalue weighted by molar-refractivity contribution is 7.92. The van der Waals surface area contributed by atoms with Crippen LogP contribution in [0.4, 0.5) is 4.79 Å². The van der Waals surface area contributed by atoms with Crippen LogP contribution in [0, 0.1) is 11.8 Å². The van der Waals surface area contributed by atoms with E-state index >= 15 is 0 Å². The first-order valence-corrected chi connectivity index (χ1v) is 9.33. The van der Waals surface area contributed by atoms with E-state index in [1.165, 1.54) is 9.80 Å². The Morgan fingerprint density at radius 1 is 1.23 bits per heavy atom. The van der Waals surface area contributed by atoms with Crippen LogP contribution in [0.15, 0.2) is 0 Å². The van der Waals surface area contributed by atoms with Crippen LogP contribution in [0.2, 0.25) is 0 Å². The highest BCUT2D eigenvalue weighted by Crippen LogP contribution is 2.37. The lowest BCUT2D eigenvalue weighted by atomic mass is 9.87. The van der Waals surface area contributed by atoms with Gasteiger partial charge in [0.05, 0.1) is 11.0 Å². The van der Waals surface area contributed by atoms with E-state index in [2.05, 4.69) is 5.32 Å². The van der Waals surface area contributed by atoms with E-state index in [1.54, 1.807) is 14.1 Å². The van der Waals surface area contributed by atoms with Crippen molar-refractivity contribution in [3.63, 3.8) is 0 Å². The first kappa shape index (κ1) is 17.1. The largest absolute Gasteiger partial charge is 0.349 e. The Hall–Kier alpha value is -1.31. The highest BCUT2D eigenvalue weighted by atomic mass is 32.2. The second-order valence-corrected chi connectivity index (χ2v) is 9.05. The molecule has 2 fully saturated rings. The molecule has 3 atom stereocenters. The number of hydrogen-bond acceptors (Lipinski definition) is 4. The summed E-state index contributed by atoms with van der Waals surface area (Å²) in [7, 11) is 0.119. The first-order valence-electron chi connectivity index (χ1n) is 7.61. The lowest BCUT2D eigenvalue weighted by Gasteiger charge is -2.33. The predicted octanol–water partition coefficient (Wildman–Crippen LogP) is -0.0723. The van der Waals surface area contributed by atoms with E-state index in [0.29, 0.717) is 13.0 Å².